The van der Waals surface area contributed by atoms with E-state index in [2.05, 4.69) is 17.3 Å². The second-order valence-electron chi connectivity index (χ2n) is 5.47. The molecule has 2 heterocycles. The van der Waals surface area contributed by atoms with Gasteiger partial charge in [0.25, 0.3) is 5.91 Å². The zero-order valence-electron chi connectivity index (χ0n) is 12.8. The minimum absolute atomic E-state index is 0.0775. The Morgan fingerprint density at radius 1 is 1.32 bits per heavy atom. The number of nitrogens with zero attached hydrogens (tertiary/aromatic N) is 2. The Labute approximate surface area is 130 Å². The van der Waals surface area contributed by atoms with Crippen molar-refractivity contribution in [3.63, 3.8) is 0 Å². The fourth-order valence-electron chi connectivity index (χ4n) is 2.87. The number of nitrogens with one attached hydrogen (secondary N) is 1. The Balaban J connectivity index is 1.78. The molecule has 1 fully saturated rings. The third-order valence-electron chi connectivity index (χ3n) is 4.09. The monoisotopic (exact) mass is 299 g/mol. The van der Waals surface area contributed by atoms with E-state index in [0.29, 0.717) is 6.04 Å². The summed E-state index contributed by atoms with van der Waals surface area (Å²) < 4.78 is 7.30. The van der Waals surface area contributed by atoms with Gasteiger partial charge in [0.05, 0.1) is 12.2 Å². The Morgan fingerprint density at radius 3 is 2.86 bits per heavy atom. The molecule has 5 nitrogen and oxygen atoms in total. The van der Waals surface area contributed by atoms with Crippen LogP contribution in [0.15, 0.2) is 36.5 Å². The van der Waals surface area contributed by atoms with Gasteiger partial charge in [0.1, 0.15) is 5.82 Å². The number of carbonyl (C=O) groups is 1. The lowest BCUT2D eigenvalue weighted by Crippen LogP contribution is -2.24. The third kappa shape index (κ3) is 3.04. The van der Waals surface area contributed by atoms with E-state index in [0.717, 1.165) is 49.4 Å². The number of hydrogen-bond donors (Lipinski definition) is 1. The molecule has 0 spiro atoms. The van der Waals surface area contributed by atoms with Gasteiger partial charge in [-0.1, -0.05) is 25.1 Å². The van der Waals surface area contributed by atoms with Crippen LogP contribution in [0.2, 0.25) is 0 Å². The molecule has 0 unspecified atom stereocenters. The van der Waals surface area contributed by atoms with Crippen LogP contribution in [0.25, 0.3) is 0 Å². The molecule has 0 aliphatic carbocycles. The topological polar surface area (TPSA) is 56.2 Å². The van der Waals surface area contributed by atoms with Gasteiger partial charge >= 0.3 is 0 Å². The van der Waals surface area contributed by atoms with Crippen LogP contribution in [0.5, 0.6) is 0 Å². The van der Waals surface area contributed by atoms with Crippen molar-refractivity contribution in [3.05, 3.63) is 47.7 Å². The predicted molar refractivity (Wildman–Crippen MR) is 85.1 cm³/mol. The summed E-state index contributed by atoms with van der Waals surface area (Å²) in [5.41, 5.74) is 1.78. The first-order valence-electron chi connectivity index (χ1n) is 7.80. The van der Waals surface area contributed by atoms with E-state index < -0.39 is 0 Å². The van der Waals surface area contributed by atoms with Gasteiger partial charge in [-0.05, 0) is 30.9 Å². The van der Waals surface area contributed by atoms with Crippen molar-refractivity contribution >= 4 is 11.7 Å². The van der Waals surface area contributed by atoms with Gasteiger partial charge in [-0.15, -0.1) is 0 Å². The Kier molecular flexibility index (Phi) is 4.53. The summed E-state index contributed by atoms with van der Waals surface area (Å²) >= 11 is 0. The average Bonchev–Trinajstić information content (AvgIpc) is 3.03. The molecule has 1 aliphatic heterocycles. The summed E-state index contributed by atoms with van der Waals surface area (Å²) in [5.74, 6) is 0.675. The zero-order valence-corrected chi connectivity index (χ0v) is 12.8. The molecule has 1 amide bonds. The standard InChI is InChI=1S/C17H21N3O2/c1-2-13-5-3-4-6-15(13)17(21)19-16-7-10-18-20(16)14-8-11-22-12-9-14/h3-7,10,14H,2,8-9,11-12H2,1H3,(H,19,21). The smallest absolute Gasteiger partial charge is 0.257 e. The quantitative estimate of drug-likeness (QED) is 0.944. The van der Waals surface area contributed by atoms with Gasteiger partial charge in [-0.3, -0.25) is 4.79 Å². The van der Waals surface area contributed by atoms with Gasteiger partial charge in [0.2, 0.25) is 0 Å². The summed E-state index contributed by atoms with van der Waals surface area (Å²) in [5, 5.41) is 7.38. The Hall–Kier alpha value is -2.14. The maximum Gasteiger partial charge on any atom is 0.257 e. The first-order valence-corrected chi connectivity index (χ1v) is 7.80. The molecule has 5 heteroatoms. The van der Waals surface area contributed by atoms with Crippen molar-refractivity contribution in [1.29, 1.82) is 0 Å². The van der Waals surface area contributed by atoms with Gasteiger partial charge in [0, 0.05) is 24.8 Å². The number of ether oxygens (including phenoxy) is 1. The summed E-state index contributed by atoms with van der Waals surface area (Å²) in [6.07, 6.45) is 4.42. The second-order valence-corrected chi connectivity index (χ2v) is 5.47. The first-order chi connectivity index (χ1) is 10.8. The van der Waals surface area contributed by atoms with Crippen LogP contribution in [-0.2, 0) is 11.2 Å². The predicted octanol–water partition coefficient (Wildman–Crippen LogP) is 3.05. The van der Waals surface area contributed by atoms with Crippen molar-refractivity contribution in [2.75, 3.05) is 18.5 Å². The molecule has 0 atom stereocenters. The van der Waals surface area contributed by atoms with E-state index >= 15 is 0 Å². The van der Waals surface area contributed by atoms with Crippen LogP contribution in [-0.4, -0.2) is 28.9 Å². The van der Waals surface area contributed by atoms with E-state index in [4.69, 9.17) is 4.74 Å². The summed E-state index contributed by atoms with van der Waals surface area (Å²) in [7, 11) is 0. The number of aryl methyl sites for hydroxylation is 1. The van der Waals surface area contributed by atoms with Crippen LogP contribution < -0.4 is 5.32 Å². The number of anilines is 1. The highest BCUT2D eigenvalue weighted by atomic mass is 16.5. The zero-order chi connectivity index (χ0) is 15.4. The number of aromatic nitrogens is 2. The minimum atomic E-state index is -0.0775. The van der Waals surface area contributed by atoms with Crippen LogP contribution in [0, 0.1) is 0 Å². The fraction of sp³-hybridized carbons (Fsp3) is 0.412. The van der Waals surface area contributed by atoms with Gasteiger partial charge < -0.3 is 10.1 Å². The van der Waals surface area contributed by atoms with E-state index in [1.165, 1.54) is 0 Å². The van der Waals surface area contributed by atoms with Crippen molar-refractivity contribution in [1.82, 2.24) is 9.78 Å². The first kappa shape index (κ1) is 14.8. The molecule has 0 radical (unpaired) electrons. The molecule has 0 bridgehead atoms. The van der Waals surface area contributed by atoms with Crippen LogP contribution >= 0.6 is 0 Å². The van der Waals surface area contributed by atoms with Crippen molar-refractivity contribution in [2.45, 2.75) is 32.2 Å². The van der Waals surface area contributed by atoms with E-state index in [9.17, 15) is 4.79 Å². The highest BCUT2D eigenvalue weighted by molar-refractivity contribution is 6.04. The molecule has 1 aliphatic rings. The molecule has 1 N–H and O–H groups in total. The number of hydrogen-bond acceptors (Lipinski definition) is 3. The Morgan fingerprint density at radius 2 is 2.09 bits per heavy atom. The summed E-state index contributed by atoms with van der Waals surface area (Å²) in [4.78, 5) is 12.5. The lowest BCUT2D eigenvalue weighted by molar-refractivity contribution is 0.0668. The van der Waals surface area contributed by atoms with Crippen molar-refractivity contribution in [2.24, 2.45) is 0 Å². The lowest BCUT2D eigenvalue weighted by atomic mass is 10.0. The minimum Gasteiger partial charge on any atom is -0.381 e. The fourth-order valence-corrected chi connectivity index (χ4v) is 2.87. The van der Waals surface area contributed by atoms with Crippen molar-refractivity contribution in [3.8, 4) is 0 Å². The number of carbonyl (C=O) groups excluding carboxylic acids is 1. The highest BCUT2D eigenvalue weighted by Gasteiger charge is 2.20. The SMILES string of the molecule is CCc1ccccc1C(=O)Nc1ccnn1C1CCOCC1. The van der Waals surface area contributed by atoms with Crippen molar-refractivity contribution < 1.29 is 9.53 Å². The maximum absolute atomic E-state index is 12.5. The normalized spacial score (nSPS) is 15.7. The summed E-state index contributed by atoms with van der Waals surface area (Å²) in [6, 6.07) is 9.85. The average molecular weight is 299 g/mol. The summed E-state index contributed by atoms with van der Waals surface area (Å²) in [6.45, 7) is 3.55. The van der Waals surface area contributed by atoms with Crippen LogP contribution in [0.4, 0.5) is 5.82 Å². The second kappa shape index (κ2) is 6.75. The number of benzene rings is 1. The lowest BCUT2D eigenvalue weighted by Gasteiger charge is -2.24. The molecule has 2 aromatic rings. The largest absolute Gasteiger partial charge is 0.381 e. The molecule has 3 rings (SSSR count). The molecule has 1 saturated heterocycles. The number of rotatable bonds is 4. The van der Waals surface area contributed by atoms with Crippen LogP contribution in [0.3, 0.4) is 0 Å². The maximum atomic E-state index is 12.5. The molecule has 116 valence electrons. The number of amides is 1. The van der Waals surface area contributed by atoms with Gasteiger partial charge in [-0.25, -0.2) is 4.68 Å². The molecule has 22 heavy (non-hydrogen) atoms. The van der Waals surface area contributed by atoms with E-state index in [1.807, 2.05) is 35.0 Å². The van der Waals surface area contributed by atoms with Gasteiger partial charge in [0.15, 0.2) is 0 Å². The van der Waals surface area contributed by atoms with Crippen LogP contribution in [0.1, 0.15) is 41.7 Å². The van der Waals surface area contributed by atoms with E-state index in [1.54, 1.807) is 6.20 Å². The molecule has 0 saturated carbocycles. The molecular formula is C17H21N3O2. The molecule has 1 aromatic heterocycles. The van der Waals surface area contributed by atoms with E-state index in [-0.39, 0.29) is 5.91 Å². The molecular weight excluding hydrogens is 278 g/mol. The highest BCUT2D eigenvalue weighted by Crippen LogP contribution is 2.24. The molecule has 1 aromatic carbocycles. The Bertz CT molecular complexity index is 645. The van der Waals surface area contributed by atoms with Gasteiger partial charge in [-0.2, -0.15) is 5.10 Å². The third-order valence-corrected chi connectivity index (χ3v) is 4.09.